The van der Waals surface area contributed by atoms with E-state index in [-0.39, 0.29) is 23.0 Å². The second-order valence-electron chi connectivity index (χ2n) is 13.6. The molecular weight excluding hydrogens is 382 g/mol. The van der Waals surface area contributed by atoms with Crippen LogP contribution in [0.1, 0.15) is 99.3 Å². The Morgan fingerprint density at radius 2 is 1.58 bits per heavy atom. The molecule has 0 bridgehead atoms. The Hall–Kier alpha value is -0.670. The molecule has 0 aromatic carbocycles. The van der Waals surface area contributed by atoms with E-state index in [1.54, 1.807) is 0 Å². The summed E-state index contributed by atoms with van der Waals surface area (Å²) >= 11 is 0. The Bertz CT molecular complexity index is 827. The van der Waals surface area contributed by atoms with Gasteiger partial charge in [-0.1, -0.05) is 41.5 Å². The van der Waals surface area contributed by atoms with Crippen LogP contribution >= 0.6 is 0 Å². The normalized spacial score (nSPS) is 51.3. The Kier molecular flexibility index (Phi) is 4.78. The Balaban J connectivity index is 1.55. The number of ketones is 1. The van der Waals surface area contributed by atoms with E-state index in [9.17, 15) is 9.90 Å². The van der Waals surface area contributed by atoms with E-state index in [0.29, 0.717) is 40.8 Å². The number of Topliss-reactive ketones (excluding diaryl/α,β-unsaturated/α-hetero) is 1. The maximum absolute atomic E-state index is 13.0. The van der Waals surface area contributed by atoms with Crippen LogP contribution in [-0.4, -0.2) is 22.5 Å². The molecule has 4 fully saturated rings. The van der Waals surface area contributed by atoms with Crippen LogP contribution in [0.25, 0.3) is 0 Å². The minimum Gasteiger partial charge on any atom is -0.393 e. The number of aliphatic hydroxyl groups is 1. The third-order valence-corrected chi connectivity index (χ3v) is 11.6. The van der Waals surface area contributed by atoms with E-state index in [1.165, 1.54) is 44.1 Å². The third kappa shape index (κ3) is 2.75. The topological polar surface area (TPSA) is 63.3 Å². The monoisotopic (exact) mass is 427 g/mol. The first kappa shape index (κ1) is 22.1. The molecule has 4 saturated carbocycles. The first-order valence-corrected chi connectivity index (χ1v) is 13.1. The lowest BCUT2D eigenvalue weighted by molar-refractivity contribution is -0.201. The molecule has 0 saturated heterocycles. The fourth-order valence-electron chi connectivity index (χ4n) is 10.3. The largest absolute Gasteiger partial charge is 0.393 e. The number of nitrogens with two attached hydrogens (primary N) is 1. The highest BCUT2D eigenvalue weighted by Gasteiger charge is 2.65. The van der Waals surface area contributed by atoms with Crippen molar-refractivity contribution < 1.29 is 9.90 Å². The summed E-state index contributed by atoms with van der Waals surface area (Å²) in [5.41, 5.74) is 9.75. The summed E-state index contributed by atoms with van der Waals surface area (Å²) in [6.45, 7) is 14.2. The highest BCUT2D eigenvalue weighted by atomic mass is 16.3. The zero-order chi connectivity index (χ0) is 22.6. The van der Waals surface area contributed by atoms with Gasteiger partial charge in [-0.3, -0.25) is 4.79 Å². The molecule has 3 N–H and O–H groups in total. The van der Waals surface area contributed by atoms with Crippen LogP contribution in [0, 0.1) is 45.8 Å². The second kappa shape index (κ2) is 6.69. The van der Waals surface area contributed by atoms with Gasteiger partial charge in [0.25, 0.3) is 0 Å². The third-order valence-electron chi connectivity index (χ3n) is 11.6. The quantitative estimate of drug-likeness (QED) is 0.568. The highest BCUT2D eigenvalue weighted by molar-refractivity contribution is 6.01. The van der Waals surface area contributed by atoms with Gasteiger partial charge in [-0.2, -0.15) is 0 Å². The van der Waals surface area contributed by atoms with Crippen LogP contribution in [0.2, 0.25) is 0 Å². The number of rotatable bonds is 1. The number of carbonyl (C=O) groups excluding carboxylic acids is 1. The van der Waals surface area contributed by atoms with E-state index < -0.39 is 0 Å². The zero-order valence-corrected chi connectivity index (χ0v) is 20.8. The average molecular weight is 428 g/mol. The average Bonchev–Trinajstić information content (AvgIpc) is 2.95. The number of carbonyl (C=O) groups is 1. The van der Waals surface area contributed by atoms with Crippen molar-refractivity contribution in [3.05, 3.63) is 11.1 Å². The molecule has 4 unspecified atom stereocenters. The molecule has 0 aromatic rings. The van der Waals surface area contributed by atoms with Crippen LogP contribution < -0.4 is 5.73 Å². The van der Waals surface area contributed by atoms with Gasteiger partial charge in [0.05, 0.1) is 6.10 Å². The molecule has 5 rings (SSSR count). The minimum absolute atomic E-state index is 0.00929. The summed E-state index contributed by atoms with van der Waals surface area (Å²) in [5, 5.41) is 10.8. The molecule has 5 aliphatic rings. The van der Waals surface area contributed by atoms with Crippen molar-refractivity contribution in [1.82, 2.24) is 0 Å². The van der Waals surface area contributed by atoms with Crippen LogP contribution in [0.5, 0.6) is 0 Å². The molecule has 0 aliphatic heterocycles. The van der Waals surface area contributed by atoms with Crippen molar-refractivity contribution in [3.8, 4) is 0 Å². The summed E-state index contributed by atoms with van der Waals surface area (Å²) in [4.78, 5) is 13.0. The SMILES string of the molecule is CC(C)C1=C2[C@H]3CCC4[C@@](C)(CCC5C(C)(C)[C@@H](O)CC[C@@]54C)C3CCC2(N)CC1=O. The number of hydrogen-bond acceptors (Lipinski definition) is 3. The Labute approximate surface area is 189 Å². The molecule has 8 atom stereocenters. The molecule has 0 spiro atoms. The molecule has 0 heterocycles. The number of allylic oxidation sites excluding steroid dienone is 1. The van der Waals surface area contributed by atoms with Crippen molar-refractivity contribution in [1.29, 1.82) is 0 Å². The second-order valence-corrected chi connectivity index (χ2v) is 13.6. The number of hydrogen-bond donors (Lipinski definition) is 2. The van der Waals surface area contributed by atoms with Crippen LogP contribution in [0.3, 0.4) is 0 Å². The minimum atomic E-state index is -0.362. The summed E-state index contributed by atoms with van der Waals surface area (Å²) in [7, 11) is 0. The van der Waals surface area contributed by atoms with Gasteiger partial charge in [0.1, 0.15) is 0 Å². The van der Waals surface area contributed by atoms with Gasteiger partial charge in [-0.15, -0.1) is 0 Å². The molecular formula is C28H45NO2. The van der Waals surface area contributed by atoms with Crippen molar-refractivity contribution in [2.75, 3.05) is 0 Å². The van der Waals surface area contributed by atoms with E-state index in [4.69, 9.17) is 5.73 Å². The first-order chi connectivity index (χ1) is 14.4. The molecule has 5 aliphatic carbocycles. The summed E-state index contributed by atoms with van der Waals surface area (Å²) < 4.78 is 0. The molecule has 174 valence electrons. The van der Waals surface area contributed by atoms with E-state index in [0.717, 1.165) is 24.3 Å². The van der Waals surface area contributed by atoms with Crippen LogP contribution in [0.15, 0.2) is 11.1 Å². The van der Waals surface area contributed by atoms with Gasteiger partial charge >= 0.3 is 0 Å². The van der Waals surface area contributed by atoms with E-state index in [1.807, 2.05) is 0 Å². The Morgan fingerprint density at radius 3 is 2.26 bits per heavy atom. The predicted molar refractivity (Wildman–Crippen MR) is 125 cm³/mol. The summed E-state index contributed by atoms with van der Waals surface area (Å²) in [6.07, 6.45) is 9.63. The van der Waals surface area contributed by atoms with Crippen molar-refractivity contribution in [2.24, 2.45) is 51.6 Å². The summed E-state index contributed by atoms with van der Waals surface area (Å²) in [5.74, 6) is 3.10. The molecule has 31 heavy (non-hydrogen) atoms. The fraction of sp³-hybridized carbons (Fsp3) is 0.893. The first-order valence-electron chi connectivity index (χ1n) is 13.1. The molecule has 3 heteroatoms. The molecule has 0 aromatic heterocycles. The summed E-state index contributed by atoms with van der Waals surface area (Å²) in [6, 6.07) is 0. The van der Waals surface area contributed by atoms with E-state index in [2.05, 4.69) is 41.5 Å². The number of aliphatic hydroxyl groups excluding tert-OH is 1. The number of fused-ring (bicyclic) bond motifs is 7. The van der Waals surface area contributed by atoms with Crippen molar-refractivity contribution in [3.63, 3.8) is 0 Å². The lowest BCUT2D eigenvalue weighted by atomic mass is 9.37. The lowest BCUT2D eigenvalue weighted by Gasteiger charge is -2.68. The Morgan fingerprint density at radius 1 is 0.903 bits per heavy atom. The maximum Gasteiger partial charge on any atom is 0.161 e. The van der Waals surface area contributed by atoms with Gasteiger partial charge in [0, 0.05) is 12.0 Å². The standard InChI is InChI=1S/C28H45NO2/c1-16(2)23-19(30)15-28(29)14-9-18-17(24(23)28)7-8-21-26(18,5)12-10-20-25(3,4)22(31)11-13-27(20,21)6/h16-18,20-22,31H,7-15,29H2,1-6H3/t17-,18?,20?,21?,22-,26-,27-,28?/m0/s1. The van der Waals surface area contributed by atoms with Gasteiger partial charge in [-0.25, -0.2) is 0 Å². The predicted octanol–water partition coefficient (Wildman–Crippen LogP) is 5.65. The van der Waals surface area contributed by atoms with Crippen LogP contribution in [0.4, 0.5) is 0 Å². The van der Waals surface area contributed by atoms with Crippen molar-refractivity contribution >= 4 is 5.78 Å². The highest BCUT2D eigenvalue weighted by Crippen LogP contribution is 2.71. The lowest BCUT2D eigenvalue weighted by Crippen LogP contribution is -2.63. The molecule has 0 amide bonds. The van der Waals surface area contributed by atoms with Crippen molar-refractivity contribution in [2.45, 2.75) is 111 Å². The molecule has 0 radical (unpaired) electrons. The maximum atomic E-state index is 13.0. The van der Waals surface area contributed by atoms with Gasteiger partial charge < -0.3 is 10.8 Å². The smallest absolute Gasteiger partial charge is 0.161 e. The fourth-order valence-corrected chi connectivity index (χ4v) is 10.3. The zero-order valence-electron chi connectivity index (χ0n) is 20.8. The molecule has 3 nitrogen and oxygen atoms in total. The van der Waals surface area contributed by atoms with Crippen LogP contribution in [-0.2, 0) is 4.79 Å². The van der Waals surface area contributed by atoms with Gasteiger partial charge in [0.15, 0.2) is 5.78 Å². The van der Waals surface area contributed by atoms with Gasteiger partial charge in [0.2, 0.25) is 0 Å². The van der Waals surface area contributed by atoms with E-state index >= 15 is 0 Å². The van der Waals surface area contributed by atoms with Gasteiger partial charge in [-0.05, 0) is 108 Å².